The van der Waals surface area contributed by atoms with E-state index in [0.717, 1.165) is 18.4 Å². The van der Waals surface area contributed by atoms with Gasteiger partial charge in [-0.2, -0.15) is 0 Å². The molecule has 0 aliphatic carbocycles. The molecule has 0 bridgehead atoms. The highest BCUT2D eigenvalue weighted by atomic mass is 32.2. The van der Waals surface area contributed by atoms with E-state index in [2.05, 4.69) is 24.1 Å². The summed E-state index contributed by atoms with van der Waals surface area (Å²) < 4.78 is 2.37. The Kier molecular flexibility index (Phi) is 6.65. The van der Waals surface area contributed by atoms with Gasteiger partial charge in [-0.3, -0.25) is 14.2 Å². The molecular formula is C16H23N3O2S2. The molecule has 5 nitrogen and oxygen atoms in total. The van der Waals surface area contributed by atoms with E-state index < -0.39 is 0 Å². The van der Waals surface area contributed by atoms with Gasteiger partial charge in [0.25, 0.3) is 5.56 Å². The summed E-state index contributed by atoms with van der Waals surface area (Å²) in [5.41, 5.74) is 0.713. The number of rotatable bonds is 8. The summed E-state index contributed by atoms with van der Waals surface area (Å²) in [4.78, 5) is 29.0. The fourth-order valence-corrected chi connectivity index (χ4v) is 3.77. The van der Waals surface area contributed by atoms with E-state index in [1.807, 2.05) is 18.4 Å². The van der Waals surface area contributed by atoms with Crippen LogP contribution in [0.2, 0.25) is 0 Å². The first-order valence-corrected chi connectivity index (χ1v) is 9.77. The number of nitrogens with one attached hydrogen (secondary N) is 1. The Bertz CT molecular complexity index is 722. The van der Waals surface area contributed by atoms with E-state index in [4.69, 9.17) is 0 Å². The SMILES string of the molecule is CCCn1c(SCC(=O)NCCC(C)C)nc2ccsc2c1=O. The number of thiophene rings is 1. The van der Waals surface area contributed by atoms with Crippen LogP contribution in [0.5, 0.6) is 0 Å². The van der Waals surface area contributed by atoms with Crippen LogP contribution in [0.4, 0.5) is 0 Å². The molecule has 23 heavy (non-hydrogen) atoms. The second-order valence-corrected chi connectivity index (χ2v) is 7.67. The quantitative estimate of drug-likeness (QED) is 0.585. The Morgan fingerprint density at radius 2 is 2.26 bits per heavy atom. The third-order valence-electron chi connectivity index (χ3n) is 3.35. The van der Waals surface area contributed by atoms with E-state index in [1.165, 1.54) is 23.1 Å². The average molecular weight is 354 g/mol. The van der Waals surface area contributed by atoms with Gasteiger partial charge in [0.15, 0.2) is 5.16 Å². The number of hydrogen-bond donors (Lipinski definition) is 1. The smallest absolute Gasteiger partial charge is 0.272 e. The Labute approximate surface area is 144 Å². The summed E-state index contributed by atoms with van der Waals surface area (Å²) in [7, 11) is 0. The minimum absolute atomic E-state index is 0.00503. The Balaban J connectivity index is 2.08. The molecule has 126 valence electrons. The van der Waals surface area contributed by atoms with E-state index >= 15 is 0 Å². The zero-order chi connectivity index (χ0) is 16.8. The van der Waals surface area contributed by atoms with Gasteiger partial charge >= 0.3 is 0 Å². The van der Waals surface area contributed by atoms with Crippen molar-refractivity contribution in [3.05, 3.63) is 21.8 Å². The molecule has 1 N–H and O–H groups in total. The van der Waals surface area contributed by atoms with Crippen molar-refractivity contribution in [3.8, 4) is 0 Å². The lowest BCUT2D eigenvalue weighted by Crippen LogP contribution is -2.28. The molecule has 7 heteroatoms. The van der Waals surface area contributed by atoms with Gasteiger partial charge in [-0.1, -0.05) is 32.5 Å². The molecule has 0 aliphatic heterocycles. The van der Waals surface area contributed by atoms with E-state index in [0.29, 0.717) is 28.9 Å². The van der Waals surface area contributed by atoms with Crippen molar-refractivity contribution in [1.29, 1.82) is 0 Å². The van der Waals surface area contributed by atoms with Crippen LogP contribution in [-0.4, -0.2) is 27.8 Å². The predicted octanol–water partition coefficient (Wildman–Crippen LogP) is 3.12. The lowest BCUT2D eigenvalue weighted by atomic mass is 10.1. The molecule has 2 aromatic rings. The minimum Gasteiger partial charge on any atom is -0.355 e. The van der Waals surface area contributed by atoms with Gasteiger partial charge in [-0.05, 0) is 30.2 Å². The molecule has 0 unspecified atom stereocenters. The van der Waals surface area contributed by atoms with Crippen LogP contribution in [0.1, 0.15) is 33.6 Å². The summed E-state index contributed by atoms with van der Waals surface area (Å²) in [6, 6.07) is 1.85. The highest BCUT2D eigenvalue weighted by Gasteiger charge is 2.13. The van der Waals surface area contributed by atoms with Gasteiger partial charge in [0.05, 0.1) is 11.3 Å². The molecule has 2 heterocycles. The molecule has 0 fully saturated rings. The maximum Gasteiger partial charge on any atom is 0.272 e. The second-order valence-electron chi connectivity index (χ2n) is 5.81. The van der Waals surface area contributed by atoms with Crippen molar-refractivity contribution >= 4 is 39.2 Å². The highest BCUT2D eigenvalue weighted by molar-refractivity contribution is 7.99. The fourth-order valence-electron chi connectivity index (χ4n) is 2.14. The monoisotopic (exact) mass is 353 g/mol. The van der Waals surface area contributed by atoms with Crippen LogP contribution >= 0.6 is 23.1 Å². The Hall–Kier alpha value is -1.34. The van der Waals surface area contributed by atoms with Gasteiger partial charge in [0, 0.05) is 13.1 Å². The Morgan fingerprint density at radius 1 is 1.48 bits per heavy atom. The molecule has 0 saturated heterocycles. The van der Waals surface area contributed by atoms with Crippen molar-refractivity contribution in [3.63, 3.8) is 0 Å². The number of aromatic nitrogens is 2. The molecular weight excluding hydrogens is 330 g/mol. The third-order valence-corrected chi connectivity index (χ3v) is 5.22. The number of carbonyl (C=O) groups is 1. The molecule has 0 atom stereocenters. The maximum atomic E-state index is 12.5. The number of fused-ring (bicyclic) bond motifs is 1. The average Bonchev–Trinajstić information content (AvgIpc) is 2.96. The molecule has 2 rings (SSSR count). The van der Waals surface area contributed by atoms with Gasteiger partial charge in [0.2, 0.25) is 5.91 Å². The van der Waals surface area contributed by atoms with Crippen molar-refractivity contribution in [2.75, 3.05) is 12.3 Å². The molecule has 1 amide bonds. The van der Waals surface area contributed by atoms with E-state index in [9.17, 15) is 9.59 Å². The first-order chi connectivity index (χ1) is 11.0. The summed E-state index contributed by atoms with van der Waals surface area (Å²) in [6.45, 7) is 7.60. The summed E-state index contributed by atoms with van der Waals surface area (Å²) >= 11 is 2.75. The Morgan fingerprint density at radius 3 is 2.96 bits per heavy atom. The lowest BCUT2D eigenvalue weighted by molar-refractivity contribution is -0.118. The van der Waals surface area contributed by atoms with Gasteiger partial charge in [0.1, 0.15) is 4.70 Å². The predicted molar refractivity (Wildman–Crippen MR) is 97.4 cm³/mol. The first-order valence-electron chi connectivity index (χ1n) is 7.90. The molecule has 0 aromatic carbocycles. The summed E-state index contributed by atoms with van der Waals surface area (Å²) in [6.07, 6.45) is 1.82. The standard InChI is InChI=1S/C16H23N3O2S2/c1-4-8-19-15(21)14-12(6-9-22-14)18-16(19)23-10-13(20)17-7-5-11(2)3/h6,9,11H,4-5,7-8,10H2,1-3H3,(H,17,20). The molecule has 0 saturated carbocycles. The molecule has 0 aliphatic rings. The van der Waals surface area contributed by atoms with Crippen molar-refractivity contribution in [2.45, 2.75) is 45.3 Å². The van der Waals surface area contributed by atoms with Crippen molar-refractivity contribution in [2.24, 2.45) is 5.92 Å². The van der Waals surface area contributed by atoms with Crippen LogP contribution in [0.3, 0.4) is 0 Å². The lowest BCUT2D eigenvalue weighted by Gasteiger charge is -2.11. The number of hydrogen-bond acceptors (Lipinski definition) is 5. The molecule has 0 spiro atoms. The van der Waals surface area contributed by atoms with E-state index in [-0.39, 0.29) is 17.2 Å². The van der Waals surface area contributed by atoms with Crippen molar-refractivity contribution < 1.29 is 4.79 Å². The largest absolute Gasteiger partial charge is 0.355 e. The summed E-state index contributed by atoms with van der Waals surface area (Å²) in [5.74, 6) is 0.836. The highest BCUT2D eigenvalue weighted by Crippen LogP contribution is 2.21. The molecule has 0 radical (unpaired) electrons. The second kappa shape index (κ2) is 8.49. The number of thioether (sulfide) groups is 1. The number of nitrogens with zero attached hydrogens (tertiary/aromatic N) is 2. The third kappa shape index (κ3) is 4.81. The summed E-state index contributed by atoms with van der Waals surface area (Å²) in [5, 5.41) is 5.41. The van der Waals surface area contributed by atoms with Crippen LogP contribution < -0.4 is 10.9 Å². The zero-order valence-corrected chi connectivity index (χ0v) is 15.4. The van der Waals surface area contributed by atoms with Crippen LogP contribution in [0.25, 0.3) is 10.2 Å². The normalized spacial score (nSPS) is 11.3. The van der Waals surface area contributed by atoms with Crippen LogP contribution in [0, 0.1) is 5.92 Å². The van der Waals surface area contributed by atoms with Gasteiger partial charge in [-0.25, -0.2) is 4.98 Å². The van der Waals surface area contributed by atoms with Crippen molar-refractivity contribution in [1.82, 2.24) is 14.9 Å². The first kappa shape index (κ1) is 18.0. The molecule has 2 aromatic heterocycles. The van der Waals surface area contributed by atoms with Crippen LogP contribution in [0.15, 0.2) is 21.4 Å². The van der Waals surface area contributed by atoms with E-state index in [1.54, 1.807) is 4.57 Å². The number of amides is 1. The maximum absolute atomic E-state index is 12.5. The topological polar surface area (TPSA) is 64.0 Å². The van der Waals surface area contributed by atoms with Crippen LogP contribution in [-0.2, 0) is 11.3 Å². The minimum atomic E-state index is -0.0154. The number of carbonyl (C=O) groups excluding carboxylic acids is 1. The zero-order valence-electron chi connectivity index (χ0n) is 13.8. The van der Waals surface area contributed by atoms with Gasteiger partial charge in [-0.15, -0.1) is 11.3 Å². The van der Waals surface area contributed by atoms with Gasteiger partial charge < -0.3 is 5.32 Å². The fraction of sp³-hybridized carbons (Fsp3) is 0.562.